The molecule has 1 aromatic rings. The summed E-state index contributed by atoms with van der Waals surface area (Å²) in [6, 6.07) is 3.66. The summed E-state index contributed by atoms with van der Waals surface area (Å²) in [5, 5.41) is 0. The molecule has 0 bridgehead atoms. The largest absolute Gasteiger partial charge is 1.00 e. The van der Waals surface area contributed by atoms with Crippen molar-refractivity contribution >= 4 is 11.1 Å². The van der Waals surface area contributed by atoms with Crippen LogP contribution in [-0.2, 0) is 11.1 Å². The third-order valence-corrected chi connectivity index (χ3v) is 1.96. The van der Waals surface area contributed by atoms with E-state index in [1.54, 1.807) is 0 Å². The van der Waals surface area contributed by atoms with Crippen LogP contribution in [0.3, 0.4) is 0 Å². The van der Waals surface area contributed by atoms with Crippen LogP contribution < -0.4 is 29.6 Å². The van der Waals surface area contributed by atoms with E-state index in [0.717, 1.165) is 6.07 Å². The Labute approximate surface area is 94.8 Å². The summed E-state index contributed by atoms with van der Waals surface area (Å²) in [6.07, 6.45) is 0. The molecular weight excluding hydrogens is 190 g/mol. The van der Waals surface area contributed by atoms with E-state index in [1.807, 2.05) is 0 Å². The van der Waals surface area contributed by atoms with E-state index in [2.05, 4.69) is 0 Å². The summed E-state index contributed by atoms with van der Waals surface area (Å²) in [6.45, 7) is 1.52. The van der Waals surface area contributed by atoms with Crippen molar-refractivity contribution in [1.82, 2.24) is 0 Å². The zero-order valence-electron chi connectivity index (χ0n) is 6.83. The van der Waals surface area contributed by atoms with Crippen molar-refractivity contribution < 1.29 is 42.7 Å². The van der Waals surface area contributed by atoms with E-state index in [9.17, 15) is 13.2 Å². The third kappa shape index (κ3) is 2.95. The van der Waals surface area contributed by atoms with Gasteiger partial charge in [0.15, 0.2) is 0 Å². The van der Waals surface area contributed by atoms with E-state index in [1.165, 1.54) is 19.1 Å². The molecule has 0 N–H and O–H groups in total. The molecule has 0 spiro atoms. The van der Waals surface area contributed by atoms with Crippen molar-refractivity contribution in [3.05, 3.63) is 29.6 Å². The first-order chi connectivity index (χ1) is 5.11. The molecule has 0 saturated carbocycles. The van der Waals surface area contributed by atoms with Crippen LogP contribution in [0.1, 0.15) is 5.56 Å². The Morgan fingerprint density at radius 2 is 2.08 bits per heavy atom. The SMILES string of the molecule is Cc1cc(S(=O)[O-])ccc1F.[Na+]. The predicted octanol–water partition coefficient (Wildman–Crippen LogP) is -1.62. The number of rotatable bonds is 1. The fourth-order valence-electron chi connectivity index (χ4n) is 0.721. The third-order valence-electron chi connectivity index (χ3n) is 1.32. The molecule has 5 heteroatoms. The first-order valence-corrected chi connectivity index (χ1v) is 4.04. The average Bonchev–Trinajstić information content (AvgIpc) is 1.94. The molecule has 1 rings (SSSR count). The van der Waals surface area contributed by atoms with Crippen LogP contribution in [0, 0.1) is 12.7 Å². The topological polar surface area (TPSA) is 40.1 Å². The molecule has 60 valence electrons. The van der Waals surface area contributed by atoms with Gasteiger partial charge in [0.25, 0.3) is 0 Å². The van der Waals surface area contributed by atoms with Crippen LogP contribution in [0.25, 0.3) is 0 Å². The van der Waals surface area contributed by atoms with Crippen molar-refractivity contribution in [2.45, 2.75) is 11.8 Å². The number of hydrogen-bond donors (Lipinski definition) is 0. The van der Waals surface area contributed by atoms with E-state index in [-0.39, 0.29) is 40.3 Å². The van der Waals surface area contributed by atoms with Gasteiger partial charge in [-0.2, -0.15) is 0 Å². The Morgan fingerprint density at radius 3 is 2.50 bits per heavy atom. The van der Waals surface area contributed by atoms with Gasteiger partial charge in [-0.05, 0) is 41.8 Å². The molecule has 0 aliphatic rings. The van der Waals surface area contributed by atoms with Gasteiger partial charge in [0.1, 0.15) is 5.82 Å². The minimum Gasteiger partial charge on any atom is -0.768 e. The second-order valence-electron chi connectivity index (χ2n) is 2.15. The Morgan fingerprint density at radius 1 is 1.50 bits per heavy atom. The summed E-state index contributed by atoms with van der Waals surface area (Å²) in [7, 11) is 0. The molecule has 0 fully saturated rings. The monoisotopic (exact) mass is 196 g/mol. The summed E-state index contributed by atoms with van der Waals surface area (Å²) in [5.74, 6) is -0.390. The molecule has 0 aromatic heterocycles. The minimum absolute atomic E-state index is 0. The summed E-state index contributed by atoms with van der Waals surface area (Å²) < 4.78 is 33.2. The molecule has 0 heterocycles. The first-order valence-electron chi connectivity index (χ1n) is 2.96. The summed E-state index contributed by atoms with van der Waals surface area (Å²) in [5.41, 5.74) is 0.340. The van der Waals surface area contributed by atoms with Crippen LogP contribution in [-0.4, -0.2) is 8.76 Å². The molecule has 2 nitrogen and oxygen atoms in total. The molecule has 1 unspecified atom stereocenters. The maximum absolute atomic E-state index is 12.6. The maximum atomic E-state index is 12.6. The second kappa shape index (κ2) is 5.09. The van der Waals surface area contributed by atoms with E-state index >= 15 is 0 Å². The van der Waals surface area contributed by atoms with E-state index in [0.29, 0.717) is 5.56 Å². The standard InChI is InChI=1S/C7H7FO2S.Na/c1-5-4-6(11(9)10)2-3-7(5)8;/h2-4H,1H3,(H,9,10);/q;+1/p-1. The smallest absolute Gasteiger partial charge is 0.768 e. The van der Waals surface area contributed by atoms with Crippen LogP contribution in [0.5, 0.6) is 0 Å². The fourth-order valence-corrected chi connectivity index (χ4v) is 1.17. The molecule has 0 saturated heterocycles. The predicted molar refractivity (Wildman–Crippen MR) is 38.3 cm³/mol. The number of hydrogen-bond acceptors (Lipinski definition) is 2. The van der Waals surface area contributed by atoms with Crippen LogP contribution >= 0.6 is 0 Å². The molecule has 0 radical (unpaired) electrons. The number of aryl methyl sites for hydroxylation is 1. The van der Waals surface area contributed by atoms with Gasteiger partial charge in [-0.15, -0.1) is 0 Å². The van der Waals surface area contributed by atoms with Gasteiger partial charge in [-0.3, -0.25) is 4.21 Å². The van der Waals surface area contributed by atoms with Gasteiger partial charge < -0.3 is 4.55 Å². The van der Waals surface area contributed by atoms with Crippen LogP contribution in [0.15, 0.2) is 23.1 Å². The van der Waals surface area contributed by atoms with Gasteiger partial charge in [0.05, 0.1) is 0 Å². The van der Waals surface area contributed by atoms with Crippen LogP contribution in [0.2, 0.25) is 0 Å². The van der Waals surface area contributed by atoms with Crippen molar-refractivity contribution in [1.29, 1.82) is 0 Å². The quantitative estimate of drug-likeness (QED) is 0.400. The summed E-state index contributed by atoms with van der Waals surface area (Å²) >= 11 is -2.26. The molecule has 1 atom stereocenters. The molecule has 0 aliphatic heterocycles. The zero-order valence-corrected chi connectivity index (χ0v) is 9.65. The van der Waals surface area contributed by atoms with Gasteiger partial charge in [0, 0.05) is 4.90 Å². The van der Waals surface area contributed by atoms with Crippen molar-refractivity contribution in [2.24, 2.45) is 0 Å². The second-order valence-corrected chi connectivity index (χ2v) is 3.09. The molecular formula is C7H6FNaO2S. The molecule has 1 aromatic carbocycles. The van der Waals surface area contributed by atoms with Crippen molar-refractivity contribution in [3.8, 4) is 0 Å². The molecule has 0 amide bonds. The maximum Gasteiger partial charge on any atom is 1.00 e. The van der Waals surface area contributed by atoms with Crippen LogP contribution in [0.4, 0.5) is 4.39 Å². The Hall–Kier alpha value is 0.260. The number of benzene rings is 1. The Bertz CT molecular complexity index is 303. The minimum atomic E-state index is -2.26. The van der Waals surface area contributed by atoms with E-state index < -0.39 is 11.1 Å². The Balaban J connectivity index is 0.00000121. The fraction of sp³-hybridized carbons (Fsp3) is 0.143. The normalized spacial score (nSPS) is 11.9. The molecule has 12 heavy (non-hydrogen) atoms. The molecule has 0 aliphatic carbocycles. The van der Waals surface area contributed by atoms with Gasteiger partial charge in [0.2, 0.25) is 0 Å². The number of halogens is 1. The van der Waals surface area contributed by atoms with E-state index in [4.69, 9.17) is 0 Å². The van der Waals surface area contributed by atoms with Crippen molar-refractivity contribution in [3.63, 3.8) is 0 Å². The average molecular weight is 196 g/mol. The Kier molecular flexibility index (Phi) is 5.20. The summed E-state index contributed by atoms with van der Waals surface area (Å²) in [4.78, 5) is 0.115. The first kappa shape index (κ1) is 12.3. The zero-order chi connectivity index (χ0) is 8.43. The van der Waals surface area contributed by atoms with Crippen molar-refractivity contribution in [2.75, 3.05) is 0 Å². The van der Waals surface area contributed by atoms with Gasteiger partial charge >= 0.3 is 29.6 Å². The van der Waals surface area contributed by atoms with Gasteiger partial charge in [-0.25, -0.2) is 4.39 Å². The van der Waals surface area contributed by atoms with Gasteiger partial charge in [-0.1, -0.05) is 0 Å².